The third-order valence-corrected chi connectivity index (χ3v) is 4.44. The maximum Gasteiger partial charge on any atom is 0.159 e. The number of hydrogen-bond donors (Lipinski definition) is 0. The molecule has 0 aromatic heterocycles. The van der Waals surface area contributed by atoms with Crippen LogP contribution in [0.25, 0.3) is 0 Å². The van der Waals surface area contributed by atoms with Crippen LogP contribution in [0.3, 0.4) is 0 Å². The van der Waals surface area contributed by atoms with E-state index in [1.807, 2.05) is 13.0 Å². The Morgan fingerprint density at radius 1 is 1.36 bits per heavy atom. The first kappa shape index (κ1) is 9.95. The first-order valence-corrected chi connectivity index (χ1v) is 5.74. The van der Waals surface area contributed by atoms with Crippen molar-refractivity contribution < 1.29 is 4.79 Å². The zero-order chi connectivity index (χ0) is 10.3. The molecule has 14 heavy (non-hydrogen) atoms. The van der Waals surface area contributed by atoms with Crippen molar-refractivity contribution in [2.75, 3.05) is 0 Å². The van der Waals surface area contributed by atoms with Gasteiger partial charge in [0.25, 0.3) is 0 Å². The Bertz CT molecular complexity index is 275. The monoisotopic (exact) mass is 192 g/mol. The highest BCUT2D eigenvalue weighted by Gasteiger charge is 2.54. The standard InChI is InChI=1S/C13H20O/c1-4-5-11(14)12-9-6-7-10(8-9)13(12,2)3/h4-5,9-10,12H,6-8H2,1-3H3. The number of ketones is 1. The van der Waals surface area contributed by atoms with Gasteiger partial charge in [0.1, 0.15) is 0 Å². The maximum absolute atomic E-state index is 12.0. The summed E-state index contributed by atoms with van der Waals surface area (Å²) in [6.07, 6.45) is 7.57. The molecular formula is C13H20O. The molecule has 2 aliphatic carbocycles. The summed E-state index contributed by atoms with van der Waals surface area (Å²) in [4.78, 5) is 12.0. The normalized spacial score (nSPS) is 39.5. The molecule has 2 fully saturated rings. The minimum absolute atomic E-state index is 0.250. The summed E-state index contributed by atoms with van der Waals surface area (Å²) in [6, 6.07) is 0. The molecule has 2 bridgehead atoms. The summed E-state index contributed by atoms with van der Waals surface area (Å²) in [7, 11) is 0. The molecule has 0 heterocycles. The van der Waals surface area contributed by atoms with Crippen molar-refractivity contribution in [2.24, 2.45) is 23.2 Å². The maximum atomic E-state index is 12.0. The fourth-order valence-electron chi connectivity index (χ4n) is 3.72. The van der Waals surface area contributed by atoms with E-state index >= 15 is 0 Å². The van der Waals surface area contributed by atoms with Crippen LogP contribution in [0, 0.1) is 23.2 Å². The molecule has 0 aromatic rings. The molecule has 0 saturated heterocycles. The third kappa shape index (κ3) is 1.25. The molecule has 2 rings (SSSR count). The van der Waals surface area contributed by atoms with E-state index in [2.05, 4.69) is 13.8 Å². The number of allylic oxidation sites excluding steroid dienone is 2. The first-order chi connectivity index (χ1) is 6.57. The molecule has 0 N–H and O–H groups in total. The van der Waals surface area contributed by atoms with Crippen molar-refractivity contribution in [3.63, 3.8) is 0 Å². The zero-order valence-electron chi connectivity index (χ0n) is 9.42. The van der Waals surface area contributed by atoms with Gasteiger partial charge >= 0.3 is 0 Å². The fraction of sp³-hybridized carbons (Fsp3) is 0.769. The fourth-order valence-corrected chi connectivity index (χ4v) is 3.72. The number of carbonyl (C=O) groups excluding carboxylic acids is 1. The van der Waals surface area contributed by atoms with Gasteiger partial charge in [0.15, 0.2) is 5.78 Å². The van der Waals surface area contributed by atoms with Gasteiger partial charge in [-0.1, -0.05) is 19.9 Å². The van der Waals surface area contributed by atoms with Crippen molar-refractivity contribution in [1.29, 1.82) is 0 Å². The van der Waals surface area contributed by atoms with Crippen LogP contribution in [0.1, 0.15) is 40.0 Å². The van der Waals surface area contributed by atoms with Crippen molar-refractivity contribution in [3.8, 4) is 0 Å². The molecule has 0 aliphatic heterocycles. The van der Waals surface area contributed by atoms with Crippen LogP contribution >= 0.6 is 0 Å². The quantitative estimate of drug-likeness (QED) is 0.614. The number of rotatable bonds is 2. The average molecular weight is 192 g/mol. The molecule has 78 valence electrons. The van der Waals surface area contributed by atoms with Crippen LogP contribution in [0.2, 0.25) is 0 Å². The van der Waals surface area contributed by atoms with Gasteiger partial charge < -0.3 is 0 Å². The Hall–Kier alpha value is -0.590. The van der Waals surface area contributed by atoms with Gasteiger partial charge in [-0.25, -0.2) is 0 Å². The molecule has 1 nitrogen and oxygen atoms in total. The predicted octanol–water partition coefficient (Wildman–Crippen LogP) is 3.20. The predicted molar refractivity (Wildman–Crippen MR) is 57.9 cm³/mol. The Labute approximate surface area is 86.6 Å². The topological polar surface area (TPSA) is 17.1 Å². The van der Waals surface area contributed by atoms with Crippen molar-refractivity contribution >= 4 is 5.78 Å². The van der Waals surface area contributed by atoms with Crippen molar-refractivity contribution in [3.05, 3.63) is 12.2 Å². The summed E-state index contributed by atoms with van der Waals surface area (Å²) >= 11 is 0. The highest BCUT2D eigenvalue weighted by molar-refractivity contribution is 5.92. The number of fused-ring (bicyclic) bond motifs is 2. The lowest BCUT2D eigenvalue weighted by atomic mass is 9.67. The van der Waals surface area contributed by atoms with Gasteiger partial charge in [-0.3, -0.25) is 4.79 Å². The van der Waals surface area contributed by atoms with Crippen molar-refractivity contribution in [2.45, 2.75) is 40.0 Å². The Morgan fingerprint density at radius 2 is 2.07 bits per heavy atom. The highest BCUT2D eigenvalue weighted by Crippen LogP contribution is 2.59. The largest absolute Gasteiger partial charge is 0.295 e. The van der Waals surface area contributed by atoms with Crippen LogP contribution in [0.5, 0.6) is 0 Å². The van der Waals surface area contributed by atoms with Gasteiger partial charge in [0, 0.05) is 5.92 Å². The Balaban J connectivity index is 2.23. The second-order valence-corrected chi connectivity index (χ2v) is 5.47. The van der Waals surface area contributed by atoms with E-state index in [1.165, 1.54) is 19.3 Å². The Morgan fingerprint density at radius 3 is 2.57 bits per heavy atom. The van der Waals surface area contributed by atoms with E-state index in [-0.39, 0.29) is 5.41 Å². The molecule has 3 unspecified atom stereocenters. The lowest BCUT2D eigenvalue weighted by Crippen LogP contribution is -2.35. The van der Waals surface area contributed by atoms with Crippen LogP contribution in [0.4, 0.5) is 0 Å². The van der Waals surface area contributed by atoms with Gasteiger partial charge in [0.2, 0.25) is 0 Å². The van der Waals surface area contributed by atoms with E-state index in [9.17, 15) is 4.79 Å². The molecule has 0 amide bonds. The van der Waals surface area contributed by atoms with Gasteiger partial charge in [-0.15, -0.1) is 0 Å². The summed E-state index contributed by atoms with van der Waals surface area (Å²) in [5.41, 5.74) is 0.250. The second-order valence-electron chi connectivity index (χ2n) is 5.47. The first-order valence-electron chi connectivity index (χ1n) is 5.74. The van der Waals surface area contributed by atoms with Crippen LogP contribution in [-0.2, 0) is 4.79 Å². The average Bonchev–Trinajstić information content (AvgIpc) is 2.61. The van der Waals surface area contributed by atoms with Gasteiger partial charge in [-0.2, -0.15) is 0 Å². The van der Waals surface area contributed by atoms with Crippen LogP contribution in [0.15, 0.2) is 12.2 Å². The number of carbonyl (C=O) groups is 1. The molecule has 1 heteroatoms. The SMILES string of the molecule is CC=CC(=O)C1C2CCC(C2)C1(C)C. The van der Waals surface area contributed by atoms with E-state index < -0.39 is 0 Å². The zero-order valence-corrected chi connectivity index (χ0v) is 9.42. The van der Waals surface area contributed by atoms with Crippen molar-refractivity contribution in [1.82, 2.24) is 0 Å². The van der Waals surface area contributed by atoms with E-state index in [0.717, 1.165) is 5.92 Å². The van der Waals surface area contributed by atoms with E-state index in [4.69, 9.17) is 0 Å². The lowest BCUT2D eigenvalue weighted by molar-refractivity contribution is -0.123. The molecule has 0 spiro atoms. The summed E-state index contributed by atoms with van der Waals surface area (Å²) in [5, 5.41) is 0. The smallest absolute Gasteiger partial charge is 0.159 e. The lowest BCUT2D eigenvalue weighted by Gasteiger charge is -2.36. The number of hydrogen-bond acceptors (Lipinski definition) is 1. The molecule has 0 radical (unpaired) electrons. The molecule has 3 atom stereocenters. The van der Waals surface area contributed by atoms with E-state index in [1.54, 1.807) is 6.08 Å². The molecule has 2 aliphatic rings. The van der Waals surface area contributed by atoms with E-state index in [0.29, 0.717) is 17.6 Å². The third-order valence-electron chi connectivity index (χ3n) is 4.44. The minimum atomic E-state index is 0.250. The van der Waals surface area contributed by atoms with Crippen LogP contribution < -0.4 is 0 Å². The molecule has 0 aromatic carbocycles. The second kappa shape index (κ2) is 3.22. The summed E-state index contributed by atoms with van der Waals surface area (Å²) in [5.74, 6) is 2.15. The summed E-state index contributed by atoms with van der Waals surface area (Å²) in [6.45, 7) is 6.49. The summed E-state index contributed by atoms with van der Waals surface area (Å²) < 4.78 is 0. The van der Waals surface area contributed by atoms with Crippen LogP contribution in [-0.4, -0.2) is 5.78 Å². The molecular weight excluding hydrogens is 172 g/mol. The highest BCUT2D eigenvalue weighted by atomic mass is 16.1. The van der Waals surface area contributed by atoms with Gasteiger partial charge in [0.05, 0.1) is 0 Å². The Kier molecular flexibility index (Phi) is 2.29. The minimum Gasteiger partial charge on any atom is -0.295 e. The molecule has 2 saturated carbocycles. The van der Waals surface area contributed by atoms with Gasteiger partial charge in [-0.05, 0) is 49.5 Å².